The van der Waals surface area contributed by atoms with Crippen molar-refractivity contribution in [1.29, 1.82) is 0 Å². The van der Waals surface area contributed by atoms with Gasteiger partial charge in [-0.25, -0.2) is 0 Å². The number of halogens is 1. The molecule has 0 fully saturated rings. The second-order valence-corrected chi connectivity index (χ2v) is 8.20. The van der Waals surface area contributed by atoms with E-state index in [0.29, 0.717) is 0 Å². The fraction of sp³-hybridized carbons (Fsp3) is 0.308. The zero-order chi connectivity index (χ0) is 20.8. The number of hydrogen-bond donors (Lipinski definition) is 1. The molecule has 162 valence electrons. The van der Waals surface area contributed by atoms with Gasteiger partial charge < -0.3 is 14.6 Å². The van der Waals surface area contributed by atoms with Gasteiger partial charge in [-0.3, -0.25) is 4.90 Å². The molecule has 5 heteroatoms. The van der Waals surface area contributed by atoms with Crippen molar-refractivity contribution in [3.8, 4) is 22.6 Å². The average Bonchev–Trinajstić information content (AvgIpc) is 2.80. The van der Waals surface area contributed by atoms with Gasteiger partial charge in [0.25, 0.3) is 0 Å². The molecule has 0 bridgehead atoms. The maximum atomic E-state index is 11.6. The number of hydrogen-bond acceptors (Lipinski definition) is 4. The van der Waals surface area contributed by atoms with Crippen LogP contribution in [0.2, 0.25) is 0 Å². The van der Waals surface area contributed by atoms with E-state index in [4.69, 9.17) is 9.47 Å². The van der Waals surface area contributed by atoms with Gasteiger partial charge in [-0.1, -0.05) is 54.6 Å². The molecular formula is C26H28ClNO3. The average molecular weight is 438 g/mol. The Morgan fingerprint density at radius 2 is 1.71 bits per heavy atom. The molecule has 1 aliphatic heterocycles. The van der Waals surface area contributed by atoms with Crippen LogP contribution >= 0.6 is 12.4 Å². The highest BCUT2D eigenvalue weighted by Gasteiger charge is 2.44. The summed E-state index contributed by atoms with van der Waals surface area (Å²) in [5.41, 5.74) is 6.87. The van der Waals surface area contributed by atoms with Gasteiger partial charge >= 0.3 is 0 Å². The Morgan fingerprint density at radius 1 is 1.00 bits per heavy atom. The Hall–Kier alpha value is -2.53. The third kappa shape index (κ3) is 3.30. The highest BCUT2D eigenvalue weighted by atomic mass is 35.5. The number of fused-ring (bicyclic) bond motifs is 2. The van der Waals surface area contributed by atoms with Crippen LogP contribution in [0.1, 0.15) is 40.3 Å². The van der Waals surface area contributed by atoms with E-state index in [1.165, 1.54) is 11.1 Å². The summed E-state index contributed by atoms with van der Waals surface area (Å²) >= 11 is 0. The number of nitrogens with zero attached hydrogens (tertiary/aromatic N) is 1. The van der Waals surface area contributed by atoms with Crippen LogP contribution in [0.25, 0.3) is 11.1 Å². The Kier molecular flexibility index (Phi) is 5.98. The number of rotatable bonds is 4. The van der Waals surface area contributed by atoms with Gasteiger partial charge in [0.1, 0.15) is 0 Å². The van der Waals surface area contributed by atoms with Gasteiger partial charge in [-0.05, 0) is 47.4 Å². The van der Waals surface area contributed by atoms with Crippen LogP contribution in [0.5, 0.6) is 11.5 Å². The van der Waals surface area contributed by atoms with E-state index >= 15 is 0 Å². The topological polar surface area (TPSA) is 41.9 Å². The van der Waals surface area contributed by atoms with Gasteiger partial charge in [0, 0.05) is 24.1 Å². The number of likely N-dealkylation sites (N-methyl/N-ethyl adjacent to an activating group) is 1. The van der Waals surface area contributed by atoms with Gasteiger partial charge in [0.05, 0.1) is 20.3 Å². The highest BCUT2D eigenvalue weighted by molar-refractivity contribution is 5.85. The van der Waals surface area contributed by atoms with Crippen molar-refractivity contribution < 1.29 is 14.6 Å². The fourth-order valence-electron chi connectivity index (χ4n) is 5.37. The molecule has 1 heterocycles. The standard InChI is InChI=1S/C26H27NO3.ClH/c1-27-14-13-17-15-20(29-2)26(30-3)22-18-11-7-8-12-19(18)23(24(27)21(17)22)25(28)16-9-5-4-6-10-16;/h4-12,15,23-25,28H,13-14H2,1-3H3;1H. The summed E-state index contributed by atoms with van der Waals surface area (Å²) < 4.78 is 11.6. The molecule has 3 aromatic carbocycles. The summed E-state index contributed by atoms with van der Waals surface area (Å²) in [6.45, 7) is 0.937. The molecule has 2 aliphatic rings. The van der Waals surface area contributed by atoms with Crippen LogP contribution in [0, 0.1) is 0 Å². The predicted octanol–water partition coefficient (Wildman–Crippen LogP) is 5.15. The lowest BCUT2D eigenvalue weighted by atomic mass is 9.68. The number of methoxy groups -OCH3 is 2. The quantitative estimate of drug-likeness (QED) is 0.612. The smallest absolute Gasteiger partial charge is 0.168 e. The van der Waals surface area contributed by atoms with E-state index in [-0.39, 0.29) is 24.4 Å². The normalized spacial score (nSPS) is 20.1. The third-order valence-corrected chi connectivity index (χ3v) is 6.71. The molecule has 0 saturated heterocycles. The van der Waals surface area contributed by atoms with E-state index in [1.807, 2.05) is 30.3 Å². The van der Waals surface area contributed by atoms with Crippen LogP contribution in [-0.2, 0) is 6.42 Å². The molecule has 0 radical (unpaired) electrons. The van der Waals surface area contributed by atoms with Crippen molar-refractivity contribution in [2.75, 3.05) is 27.8 Å². The Morgan fingerprint density at radius 3 is 2.42 bits per heavy atom. The molecule has 1 aliphatic carbocycles. The first-order chi connectivity index (χ1) is 14.7. The van der Waals surface area contributed by atoms with Crippen molar-refractivity contribution in [1.82, 2.24) is 4.90 Å². The second kappa shape index (κ2) is 8.54. The molecule has 0 spiro atoms. The van der Waals surface area contributed by atoms with Crippen molar-refractivity contribution in [2.24, 2.45) is 0 Å². The van der Waals surface area contributed by atoms with E-state index in [0.717, 1.165) is 46.7 Å². The zero-order valence-corrected chi connectivity index (χ0v) is 18.9. The van der Waals surface area contributed by atoms with Crippen LogP contribution in [0.4, 0.5) is 0 Å². The lowest BCUT2D eigenvalue weighted by molar-refractivity contribution is 0.0794. The molecule has 5 rings (SSSR count). The van der Waals surface area contributed by atoms with E-state index < -0.39 is 6.10 Å². The van der Waals surface area contributed by atoms with E-state index in [2.05, 4.69) is 42.3 Å². The molecule has 31 heavy (non-hydrogen) atoms. The van der Waals surface area contributed by atoms with Crippen LogP contribution in [0.15, 0.2) is 60.7 Å². The van der Waals surface area contributed by atoms with E-state index in [1.54, 1.807) is 14.2 Å². The molecule has 3 aromatic rings. The molecule has 1 N–H and O–H groups in total. The number of aliphatic hydroxyl groups excluding tert-OH is 1. The number of aliphatic hydroxyl groups is 1. The Labute approximate surface area is 189 Å². The monoisotopic (exact) mass is 437 g/mol. The molecule has 0 saturated carbocycles. The Balaban J connectivity index is 0.00000231. The zero-order valence-electron chi connectivity index (χ0n) is 18.0. The molecule has 3 unspecified atom stereocenters. The van der Waals surface area contributed by atoms with Crippen LogP contribution in [0.3, 0.4) is 0 Å². The summed E-state index contributed by atoms with van der Waals surface area (Å²) in [6, 6.07) is 20.6. The first-order valence-corrected chi connectivity index (χ1v) is 10.5. The maximum absolute atomic E-state index is 11.6. The van der Waals surface area contributed by atoms with Crippen molar-refractivity contribution in [3.63, 3.8) is 0 Å². The summed E-state index contributed by atoms with van der Waals surface area (Å²) in [6.07, 6.45) is 0.346. The second-order valence-electron chi connectivity index (χ2n) is 8.20. The lowest BCUT2D eigenvalue weighted by Crippen LogP contribution is -2.40. The number of ether oxygens (including phenoxy) is 2. The fourth-order valence-corrected chi connectivity index (χ4v) is 5.37. The summed E-state index contributed by atoms with van der Waals surface area (Å²) in [7, 11) is 5.56. The SMILES string of the molecule is COc1cc2c3c(c1OC)-c1ccccc1C(C(O)c1ccccc1)C3N(C)CC2.Cl. The lowest BCUT2D eigenvalue weighted by Gasteiger charge is -2.46. The van der Waals surface area contributed by atoms with Crippen LogP contribution in [-0.4, -0.2) is 37.8 Å². The predicted molar refractivity (Wildman–Crippen MR) is 125 cm³/mol. The maximum Gasteiger partial charge on any atom is 0.168 e. The first-order valence-electron chi connectivity index (χ1n) is 10.5. The van der Waals surface area contributed by atoms with Crippen LogP contribution < -0.4 is 9.47 Å². The minimum Gasteiger partial charge on any atom is -0.493 e. The summed E-state index contributed by atoms with van der Waals surface area (Å²) in [5, 5.41) is 11.6. The highest BCUT2D eigenvalue weighted by Crippen LogP contribution is 2.58. The van der Waals surface area contributed by atoms with Gasteiger partial charge in [-0.2, -0.15) is 0 Å². The molecule has 0 amide bonds. The Bertz CT molecular complexity index is 1090. The summed E-state index contributed by atoms with van der Waals surface area (Å²) in [5.74, 6) is 1.47. The van der Waals surface area contributed by atoms with Gasteiger partial charge in [0.2, 0.25) is 0 Å². The molecule has 4 nitrogen and oxygen atoms in total. The van der Waals surface area contributed by atoms with Crippen molar-refractivity contribution in [2.45, 2.75) is 24.5 Å². The van der Waals surface area contributed by atoms with Gasteiger partial charge in [0.15, 0.2) is 11.5 Å². The van der Waals surface area contributed by atoms with Crippen molar-refractivity contribution in [3.05, 3.63) is 82.9 Å². The first kappa shape index (κ1) is 21.7. The third-order valence-electron chi connectivity index (χ3n) is 6.71. The number of benzene rings is 3. The van der Waals surface area contributed by atoms with E-state index in [9.17, 15) is 5.11 Å². The van der Waals surface area contributed by atoms with Crippen molar-refractivity contribution >= 4 is 12.4 Å². The van der Waals surface area contributed by atoms with Gasteiger partial charge in [-0.15, -0.1) is 12.4 Å². The minimum absolute atomic E-state index is 0. The molecule has 3 atom stereocenters. The summed E-state index contributed by atoms with van der Waals surface area (Å²) in [4.78, 5) is 2.38. The minimum atomic E-state index is -0.605. The molecular weight excluding hydrogens is 410 g/mol. The molecule has 0 aromatic heterocycles. The largest absolute Gasteiger partial charge is 0.493 e.